The molecule has 1 aromatic carbocycles. The van der Waals surface area contributed by atoms with Crippen LogP contribution in [0.15, 0.2) is 22.6 Å². The molecular weight excluding hydrogens is 262 g/mol. The maximum atomic E-state index is 5.77. The molecular formula is C17H21N3O. The Labute approximate surface area is 124 Å². The summed E-state index contributed by atoms with van der Waals surface area (Å²) in [4.78, 5) is 4.84. The lowest BCUT2D eigenvalue weighted by atomic mass is 10.1. The first-order chi connectivity index (χ1) is 10.1. The number of aromatic nitrogens is 2. The number of nitrogens with two attached hydrogens (primary N) is 1. The first-order valence-corrected chi connectivity index (χ1v) is 7.33. The molecule has 3 aromatic rings. The molecule has 0 spiro atoms. The number of furan rings is 1. The molecule has 3 rings (SSSR count). The van der Waals surface area contributed by atoms with Crippen LogP contribution in [0.2, 0.25) is 0 Å². The van der Waals surface area contributed by atoms with Crippen molar-refractivity contribution in [1.82, 2.24) is 9.55 Å². The van der Waals surface area contributed by atoms with Gasteiger partial charge in [-0.3, -0.25) is 0 Å². The molecule has 21 heavy (non-hydrogen) atoms. The van der Waals surface area contributed by atoms with E-state index in [9.17, 15) is 0 Å². The molecule has 0 radical (unpaired) electrons. The second-order valence-electron chi connectivity index (χ2n) is 5.42. The van der Waals surface area contributed by atoms with Crippen molar-refractivity contribution >= 4 is 11.0 Å². The number of aryl methyl sites for hydroxylation is 3. The minimum absolute atomic E-state index is 0.535. The van der Waals surface area contributed by atoms with Gasteiger partial charge in [-0.15, -0.1) is 0 Å². The van der Waals surface area contributed by atoms with Crippen molar-refractivity contribution in [2.24, 2.45) is 5.73 Å². The topological polar surface area (TPSA) is 57.0 Å². The van der Waals surface area contributed by atoms with Gasteiger partial charge in [0.15, 0.2) is 0 Å². The highest BCUT2D eigenvalue weighted by atomic mass is 16.3. The molecule has 0 saturated carbocycles. The van der Waals surface area contributed by atoms with E-state index in [4.69, 9.17) is 15.1 Å². The molecule has 0 atom stereocenters. The third kappa shape index (κ3) is 2.07. The summed E-state index contributed by atoms with van der Waals surface area (Å²) < 4.78 is 8.00. The van der Waals surface area contributed by atoms with Crippen molar-refractivity contribution in [3.8, 4) is 11.4 Å². The fraction of sp³-hybridized carbons (Fsp3) is 0.353. The van der Waals surface area contributed by atoms with Gasteiger partial charge in [-0.25, -0.2) is 4.98 Å². The minimum Gasteiger partial charge on any atom is -0.466 e. The van der Waals surface area contributed by atoms with Gasteiger partial charge in [0, 0.05) is 18.7 Å². The van der Waals surface area contributed by atoms with Gasteiger partial charge < -0.3 is 14.7 Å². The fourth-order valence-electron chi connectivity index (χ4n) is 2.94. The van der Waals surface area contributed by atoms with Crippen LogP contribution in [-0.4, -0.2) is 9.55 Å². The Morgan fingerprint density at radius 1 is 1.19 bits per heavy atom. The number of hydrogen-bond donors (Lipinski definition) is 1. The minimum atomic E-state index is 0.535. The first kappa shape index (κ1) is 13.9. The van der Waals surface area contributed by atoms with E-state index in [1.165, 1.54) is 0 Å². The highest BCUT2D eigenvalue weighted by Gasteiger charge is 2.19. The molecule has 2 heterocycles. The summed E-state index contributed by atoms with van der Waals surface area (Å²) in [5.41, 5.74) is 11.2. The molecule has 0 saturated heterocycles. The summed E-state index contributed by atoms with van der Waals surface area (Å²) in [7, 11) is 0. The molecule has 0 amide bonds. The fourth-order valence-corrected chi connectivity index (χ4v) is 2.94. The highest BCUT2D eigenvalue weighted by molar-refractivity contribution is 5.82. The van der Waals surface area contributed by atoms with Crippen LogP contribution in [0.4, 0.5) is 0 Å². The van der Waals surface area contributed by atoms with Crippen molar-refractivity contribution in [3.63, 3.8) is 0 Å². The monoisotopic (exact) mass is 283 g/mol. The van der Waals surface area contributed by atoms with Crippen LogP contribution in [0.25, 0.3) is 22.4 Å². The number of nitrogens with zero attached hydrogens (tertiary/aromatic N) is 2. The SMILES string of the molecule is CCn1c(-c2c(C)oc(C)c2C)nc2cc(CN)ccc21. The van der Waals surface area contributed by atoms with Gasteiger partial charge in [-0.2, -0.15) is 0 Å². The zero-order valence-electron chi connectivity index (χ0n) is 13.0. The van der Waals surface area contributed by atoms with Gasteiger partial charge in [-0.05, 0) is 45.4 Å². The zero-order chi connectivity index (χ0) is 15.1. The molecule has 0 aliphatic heterocycles. The number of fused-ring (bicyclic) bond motifs is 1. The van der Waals surface area contributed by atoms with E-state index < -0.39 is 0 Å². The smallest absolute Gasteiger partial charge is 0.144 e. The summed E-state index contributed by atoms with van der Waals surface area (Å²) in [6.45, 7) is 9.63. The van der Waals surface area contributed by atoms with Crippen LogP contribution in [0.5, 0.6) is 0 Å². The van der Waals surface area contributed by atoms with Gasteiger partial charge in [0.25, 0.3) is 0 Å². The van der Waals surface area contributed by atoms with Gasteiger partial charge in [0.2, 0.25) is 0 Å². The number of benzene rings is 1. The Morgan fingerprint density at radius 2 is 1.95 bits per heavy atom. The predicted octanol–water partition coefficient (Wildman–Crippen LogP) is 3.70. The summed E-state index contributed by atoms with van der Waals surface area (Å²) in [6.07, 6.45) is 0. The Balaban J connectivity index is 2.31. The maximum absolute atomic E-state index is 5.77. The van der Waals surface area contributed by atoms with Crippen molar-refractivity contribution in [2.45, 2.75) is 40.8 Å². The second-order valence-corrected chi connectivity index (χ2v) is 5.42. The van der Waals surface area contributed by atoms with Crippen LogP contribution < -0.4 is 5.73 Å². The van der Waals surface area contributed by atoms with Crippen molar-refractivity contribution in [3.05, 3.63) is 40.8 Å². The van der Waals surface area contributed by atoms with E-state index in [0.717, 1.165) is 51.6 Å². The number of rotatable bonds is 3. The van der Waals surface area contributed by atoms with E-state index in [2.05, 4.69) is 36.6 Å². The zero-order valence-corrected chi connectivity index (χ0v) is 13.0. The number of imidazole rings is 1. The van der Waals surface area contributed by atoms with E-state index in [1.807, 2.05) is 13.8 Å². The molecule has 0 aliphatic rings. The lowest BCUT2D eigenvalue weighted by Crippen LogP contribution is -1.99. The van der Waals surface area contributed by atoms with Crippen molar-refractivity contribution < 1.29 is 4.42 Å². The van der Waals surface area contributed by atoms with Gasteiger partial charge in [0.05, 0.1) is 16.6 Å². The van der Waals surface area contributed by atoms with E-state index in [1.54, 1.807) is 0 Å². The predicted molar refractivity (Wildman–Crippen MR) is 85.2 cm³/mol. The van der Waals surface area contributed by atoms with Crippen LogP contribution in [0.1, 0.15) is 29.6 Å². The van der Waals surface area contributed by atoms with Crippen LogP contribution >= 0.6 is 0 Å². The van der Waals surface area contributed by atoms with E-state index >= 15 is 0 Å². The Bertz CT molecular complexity index is 811. The summed E-state index contributed by atoms with van der Waals surface area (Å²) in [6, 6.07) is 6.25. The molecule has 0 unspecified atom stereocenters. The number of hydrogen-bond acceptors (Lipinski definition) is 3. The maximum Gasteiger partial charge on any atom is 0.144 e. The average Bonchev–Trinajstić information content (AvgIpc) is 2.95. The summed E-state index contributed by atoms with van der Waals surface area (Å²) in [5.74, 6) is 2.86. The third-order valence-corrected chi connectivity index (χ3v) is 4.15. The van der Waals surface area contributed by atoms with Gasteiger partial charge >= 0.3 is 0 Å². The molecule has 2 N–H and O–H groups in total. The molecule has 0 fully saturated rings. The molecule has 0 bridgehead atoms. The van der Waals surface area contributed by atoms with Crippen molar-refractivity contribution in [2.75, 3.05) is 0 Å². The van der Waals surface area contributed by atoms with Crippen LogP contribution in [0.3, 0.4) is 0 Å². The van der Waals surface area contributed by atoms with Crippen LogP contribution in [-0.2, 0) is 13.1 Å². The molecule has 0 aliphatic carbocycles. The Kier molecular flexibility index (Phi) is 3.33. The second kappa shape index (κ2) is 5.04. The quantitative estimate of drug-likeness (QED) is 0.797. The molecule has 110 valence electrons. The summed E-state index contributed by atoms with van der Waals surface area (Å²) in [5, 5.41) is 0. The Hall–Kier alpha value is -2.07. The third-order valence-electron chi connectivity index (χ3n) is 4.15. The molecule has 4 heteroatoms. The lowest BCUT2D eigenvalue weighted by Gasteiger charge is -2.06. The Morgan fingerprint density at radius 3 is 2.52 bits per heavy atom. The van der Waals surface area contributed by atoms with E-state index in [-0.39, 0.29) is 0 Å². The first-order valence-electron chi connectivity index (χ1n) is 7.33. The molecule has 4 nitrogen and oxygen atoms in total. The summed E-state index contributed by atoms with van der Waals surface area (Å²) >= 11 is 0. The van der Waals surface area contributed by atoms with Crippen LogP contribution in [0, 0.1) is 20.8 Å². The average molecular weight is 283 g/mol. The van der Waals surface area contributed by atoms with E-state index in [0.29, 0.717) is 6.54 Å². The van der Waals surface area contributed by atoms with Crippen molar-refractivity contribution in [1.29, 1.82) is 0 Å². The standard InChI is InChI=1S/C17H21N3O/c1-5-20-15-7-6-13(9-18)8-14(15)19-17(20)16-10(2)11(3)21-12(16)4/h6-8H,5,9,18H2,1-4H3. The molecule has 2 aromatic heterocycles. The lowest BCUT2D eigenvalue weighted by molar-refractivity contribution is 0.503. The largest absolute Gasteiger partial charge is 0.466 e. The highest BCUT2D eigenvalue weighted by Crippen LogP contribution is 2.33. The van der Waals surface area contributed by atoms with Gasteiger partial charge in [-0.1, -0.05) is 6.07 Å². The van der Waals surface area contributed by atoms with Gasteiger partial charge in [0.1, 0.15) is 17.3 Å². The normalized spacial score (nSPS) is 11.5.